The largest absolute Gasteiger partial charge is 0.456 e. The van der Waals surface area contributed by atoms with E-state index in [1.807, 2.05) is 38.1 Å². The van der Waals surface area contributed by atoms with Crippen LogP contribution >= 0.6 is 0 Å². The van der Waals surface area contributed by atoms with E-state index in [-0.39, 0.29) is 11.7 Å². The predicted molar refractivity (Wildman–Crippen MR) is 116 cm³/mol. The minimum absolute atomic E-state index is 0.0236. The minimum atomic E-state index is -0.171. The quantitative estimate of drug-likeness (QED) is 0.316. The normalized spacial score (nSPS) is 12.0. The van der Waals surface area contributed by atoms with E-state index in [2.05, 4.69) is 6.58 Å². The number of carbonyl (C=O) groups excluding carboxylic acids is 2. The molecule has 5 heteroatoms. The number of ketones is 1. The van der Waals surface area contributed by atoms with Crippen molar-refractivity contribution in [3.8, 4) is 17.2 Å². The Bertz CT molecular complexity index is 1290. The average Bonchev–Trinajstić information content (AvgIpc) is 2.71. The second-order valence-corrected chi connectivity index (χ2v) is 7.51. The SMILES string of the molecule is C=c1ccc2c(c1)Oc1cc(N)ccc1C=2c1ccc(C(=O)C(C)C)cc1OC=O. The molecule has 0 spiro atoms. The molecule has 4 rings (SSSR count). The molecule has 5 nitrogen and oxygen atoms in total. The summed E-state index contributed by atoms with van der Waals surface area (Å²) < 4.78 is 11.4. The van der Waals surface area contributed by atoms with Crippen molar-refractivity contribution >= 4 is 30.1 Å². The van der Waals surface area contributed by atoms with Gasteiger partial charge in [0, 0.05) is 45.2 Å². The average molecular weight is 399 g/mol. The van der Waals surface area contributed by atoms with Gasteiger partial charge in [0.2, 0.25) is 0 Å². The van der Waals surface area contributed by atoms with Crippen molar-refractivity contribution < 1.29 is 19.1 Å². The van der Waals surface area contributed by atoms with E-state index in [1.165, 1.54) is 0 Å². The van der Waals surface area contributed by atoms with Crippen LogP contribution in [-0.4, -0.2) is 12.3 Å². The van der Waals surface area contributed by atoms with Crippen LogP contribution in [0.3, 0.4) is 0 Å². The monoisotopic (exact) mass is 399 g/mol. The molecule has 1 aliphatic heterocycles. The fourth-order valence-electron chi connectivity index (χ4n) is 3.61. The zero-order valence-corrected chi connectivity index (χ0v) is 16.8. The summed E-state index contributed by atoms with van der Waals surface area (Å²) in [7, 11) is 0. The molecule has 0 bridgehead atoms. The zero-order valence-electron chi connectivity index (χ0n) is 16.8. The van der Waals surface area contributed by atoms with Crippen molar-refractivity contribution in [3.05, 3.63) is 81.7 Å². The topological polar surface area (TPSA) is 78.6 Å². The van der Waals surface area contributed by atoms with Gasteiger partial charge in [0.1, 0.15) is 17.2 Å². The summed E-state index contributed by atoms with van der Waals surface area (Å²) in [5.41, 5.74) is 9.34. The Morgan fingerprint density at radius 1 is 1.03 bits per heavy atom. The lowest BCUT2D eigenvalue weighted by Gasteiger charge is -2.22. The first-order valence-electron chi connectivity index (χ1n) is 9.59. The van der Waals surface area contributed by atoms with Gasteiger partial charge in [-0.3, -0.25) is 9.59 Å². The van der Waals surface area contributed by atoms with Crippen molar-refractivity contribution in [2.75, 3.05) is 5.73 Å². The van der Waals surface area contributed by atoms with Gasteiger partial charge in [-0.15, -0.1) is 0 Å². The fourth-order valence-corrected chi connectivity index (χ4v) is 3.61. The smallest absolute Gasteiger partial charge is 0.298 e. The molecule has 0 saturated carbocycles. The summed E-state index contributed by atoms with van der Waals surface area (Å²) in [6.07, 6.45) is 0. The maximum absolute atomic E-state index is 12.5. The van der Waals surface area contributed by atoms with Crippen molar-refractivity contribution in [2.45, 2.75) is 13.8 Å². The van der Waals surface area contributed by atoms with Crippen LogP contribution in [0.15, 0.2) is 54.6 Å². The Morgan fingerprint density at radius 3 is 2.53 bits per heavy atom. The molecule has 0 aromatic heterocycles. The number of nitrogen functional groups attached to an aromatic ring is 1. The first-order chi connectivity index (χ1) is 14.4. The highest BCUT2D eigenvalue weighted by molar-refractivity contribution is 5.99. The Labute approximate surface area is 174 Å². The van der Waals surface area contributed by atoms with Crippen LogP contribution in [0.25, 0.3) is 12.2 Å². The summed E-state index contributed by atoms with van der Waals surface area (Å²) in [4.78, 5) is 23.7. The fraction of sp³-hybridized carbons (Fsp3) is 0.120. The summed E-state index contributed by atoms with van der Waals surface area (Å²) in [5, 5.41) is 1.64. The van der Waals surface area contributed by atoms with Crippen LogP contribution in [0, 0.1) is 5.92 Å². The van der Waals surface area contributed by atoms with Gasteiger partial charge in [0.25, 0.3) is 6.47 Å². The molecule has 0 amide bonds. The number of nitrogens with two attached hydrogens (primary N) is 1. The number of hydrogen-bond acceptors (Lipinski definition) is 5. The first kappa shape index (κ1) is 19.5. The number of hydrogen-bond donors (Lipinski definition) is 1. The highest BCUT2D eigenvalue weighted by Crippen LogP contribution is 2.40. The van der Waals surface area contributed by atoms with E-state index in [9.17, 15) is 9.59 Å². The number of anilines is 1. The minimum Gasteiger partial charge on any atom is -0.456 e. The number of fused-ring (bicyclic) bond motifs is 2. The predicted octanol–water partition coefficient (Wildman–Crippen LogP) is 3.41. The van der Waals surface area contributed by atoms with Gasteiger partial charge in [-0.1, -0.05) is 38.6 Å². The maximum atomic E-state index is 12.5. The summed E-state index contributed by atoms with van der Waals surface area (Å²) in [5.74, 6) is 1.35. The van der Waals surface area contributed by atoms with Crippen LogP contribution in [0.5, 0.6) is 17.2 Å². The highest BCUT2D eigenvalue weighted by Gasteiger charge is 2.24. The van der Waals surface area contributed by atoms with Crippen LogP contribution in [0.1, 0.15) is 35.3 Å². The van der Waals surface area contributed by atoms with Gasteiger partial charge in [-0.05, 0) is 35.6 Å². The molecule has 1 heterocycles. The van der Waals surface area contributed by atoms with Crippen molar-refractivity contribution in [3.63, 3.8) is 0 Å². The second kappa shape index (κ2) is 7.52. The summed E-state index contributed by atoms with van der Waals surface area (Å²) in [6.45, 7) is 8.00. The van der Waals surface area contributed by atoms with Crippen LogP contribution in [0.4, 0.5) is 5.69 Å². The van der Waals surface area contributed by atoms with E-state index in [0.717, 1.165) is 21.6 Å². The molecule has 0 fully saturated rings. The lowest BCUT2D eigenvalue weighted by molar-refractivity contribution is -0.120. The number of Topliss-reactive ketones (excluding diaryl/α,β-unsaturated/α-hetero) is 1. The van der Waals surface area contributed by atoms with E-state index < -0.39 is 0 Å². The van der Waals surface area contributed by atoms with E-state index in [0.29, 0.717) is 40.5 Å². The molecule has 1 aliphatic rings. The van der Waals surface area contributed by atoms with Crippen LogP contribution in [-0.2, 0) is 4.79 Å². The van der Waals surface area contributed by atoms with Gasteiger partial charge >= 0.3 is 0 Å². The van der Waals surface area contributed by atoms with Gasteiger partial charge in [-0.2, -0.15) is 0 Å². The van der Waals surface area contributed by atoms with E-state index in [4.69, 9.17) is 15.2 Å². The number of carbonyl (C=O) groups is 2. The van der Waals surface area contributed by atoms with Gasteiger partial charge in [0.15, 0.2) is 5.78 Å². The van der Waals surface area contributed by atoms with Crippen LogP contribution in [0.2, 0.25) is 0 Å². The Kier molecular flexibility index (Phi) is 4.88. The number of ether oxygens (including phenoxy) is 2. The van der Waals surface area contributed by atoms with Crippen molar-refractivity contribution in [1.29, 1.82) is 0 Å². The molecule has 0 saturated heterocycles. The number of rotatable bonds is 5. The van der Waals surface area contributed by atoms with Gasteiger partial charge < -0.3 is 15.2 Å². The molecule has 30 heavy (non-hydrogen) atoms. The second-order valence-electron chi connectivity index (χ2n) is 7.51. The van der Waals surface area contributed by atoms with E-state index >= 15 is 0 Å². The first-order valence-corrected chi connectivity index (χ1v) is 9.59. The van der Waals surface area contributed by atoms with Crippen LogP contribution < -0.4 is 25.6 Å². The molecule has 0 unspecified atom stereocenters. The van der Waals surface area contributed by atoms with Crippen molar-refractivity contribution in [2.24, 2.45) is 5.92 Å². The lowest BCUT2D eigenvalue weighted by Crippen LogP contribution is -2.20. The molecule has 0 aliphatic carbocycles. The third-order valence-corrected chi connectivity index (χ3v) is 5.05. The molecule has 2 N–H and O–H groups in total. The molecule has 3 aromatic carbocycles. The molecular weight excluding hydrogens is 378 g/mol. The summed E-state index contributed by atoms with van der Waals surface area (Å²) in [6, 6.07) is 16.2. The number of benzene rings is 3. The Hall–Kier alpha value is -3.86. The van der Waals surface area contributed by atoms with Gasteiger partial charge in [0.05, 0.1) is 0 Å². The zero-order chi connectivity index (χ0) is 21.4. The third-order valence-electron chi connectivity index (χ3n) is 5.05. The van der Waals surface area contributed by atoms with Gasteiger partial charge in [-0.25, -0.2) is 0 Å². The Morgan fingerprint density at radius 2 is 1.80 bits per heavy atom. The summed E-state index contributed by atoms with van der Waals surface area (Å²) >= 11 is 0. The molecule has 0 atom stereocenters. The van der Waals surface area contributed by atoms with E-state index in [1.54, 1.807) is 30.3 Å². The Balaban J connectivity index is 2.04. The lowest BCUT2D eigenvalue weighted by atomic mass is 9.90. The molecule has 150 valence electrons. The van der Waals surface area contributed by atoms with Crippen molar-refractivity contribution in [1.82, 2.24) is 0 Å². The third kappa shape index (κ3) is 3.35. The highest BCUT2D eigenvalue weighted by atomic mass is 16.5. The standard InChI is InChI=1S/C25H21NO4/c1-14(2)25(28)16-5-8-18(21(11-16)29-13-27)24-19-7-4-15(3)10-22(19)30-23-12-17(26)6-9-20(23)24/h4-14H,3,26H2,1-2H3. The molecular formula is C25H21NO4. The molecule has 3 aromatic rings. The molecule has 0 radical (unpaired) electrons. The maximum Gasteiger partial charge on any atom is 0.298 e.